The molecule has 2 heterocycles. The molecule has 39 heavy (non-hydrogen) atoms. The fraction of sp³-hybridized carbons (Fsp3) is 0.938. The topological polar surface area (TPSA) is 96.7 Å². The van der Waals surface area contributed by atoms with Gasteiger partial charge in [0, 0.05) is 10.8 Å². The van der Waals surface area contributed by atoms with E-state index in [1.165, 1.54) is 6.42 Å². The zero-order valence-corrected chi connectivity index (χ0v) is 26.7. The number of ether oxygens (including phenoxy) is 3. The number of hydrogen-bond donors (Lipinski definition) is 1. The van der Waals surface area contributed by atoms with Crippen molar-refractivity contribution in [3.05, 3.63) is 22.6 Å². The fourth-order valence-corrected chi connectivity index (χ4v) is 7.36. The molecule has 0 saturated carbocycles. The SMILES string of the molecule is CC/C=C/C(O)C(COC1OC(CC)C(C)C(C(C)C2(C)CC(C)C(C)C(C(C)C(C)CC)O2)C1C)N=[N+]=[N-]. The first-order valence-electron chi connectivity index (χ1n) is 15.7. The predicted molar refractivity (Wildman–Crippen MR) is 159 cm³/mol. The van der Waals surface area contributed by atoms with Crippen LogP contribution in [0.15, 0.2) is 17.3 Å². The van der Waals surface area contributed by atoms with Crippen molar-refractivity contribution in [1.82, 2.24) is 0 Å². The molecule has 2 fully saturated rings. The molecular weight excluding hydrogens is 490 g/mol. The normalized spacial score (nSPS) is 39.5. The van der Waals surface area contributed by atoms with Crippen molar-refractivity contribution in [2.45, 2.75) is 138 Å². The molecule has 2 saturated heterocycles. The molecule has 2 aliphatic heterocycles. The lowest BCUT2D eigenvalue weighted by Crippen LogP contribution is -2.58. The average Bonchev–Trinajstić information content (AvgIpc) is 2.91. The van der Waals surface area contributed by atoms with Crippen LogP contribution in [0.25, 0.3) is 10.4 Å². The van der Waals surface area contributed by atoms with Crippen LogP contribution in [0.4, 0.5) is 0 Å². The molecule has 226 valence electrons. The Bertz CT molecular complexity index is 817. The third kappa shape index (κ3) is 8.01. The smallest absolute Gasteiger partial charge is 0.160 e. The maximum atomic E-state index is 10.5. The van der Waals surface area contributed by atoms with Crippen LogP contribution in [0.2, 0.25) is 0 Å². The Morgan fingerprint density at radius 3 is 2.33 bits per heavy atom. The van der Waals surface area contributed by atoms with Gasteiger partial charge in [0.25, 0.3) is 0 Å². The van der Waals surface area contributed by atoms with Gasteiger partial charge >= 0.3 is 0 Å². The van der Waals surface area contributed by atoms with Gasteiger partial charge in [0.05, 0.1) is 36.6 Å². The van der Waals surface area contributed by atoms with Crippen LogP contribution < -0.4 is 0 Å². The van der Waals surface area contributed by atoms with Gasteiger partial charge < -0.3 is 19.3 Å². The van der Waals surface area contributed by atoms with Crippen molar-refractivity contribution in [3.63, 3.8) is 0 Å². The third-order valence-corrected chi connectivity index (χ3v) is 10.7. The molecule has 14 unspecified atom stereocenters. The average molecular weight is 550 g/mol. The van der Waals surface area contributed by atoms with E-state index in [4.69, 9.17) is 19.7 Å². The Balaban J connectivity index is 2.29. The summed E-state index contributed by atoms with van der Waals surface area (Å²) in [7, 11) is 0. The van der Waals surface area contributed by atoms with Crippen LogP contribution in [0.5, 0.6) is 0 Å². The molecule has 7 nitrogen and oxygen atoms in total. The highest BCUT2D eigenvalue weighted by atomic mass is 16.7. The summed E-state index contributed by atoms with van der Waals surface area (Å²) >= 11 is 0. The number of aliphatic hydroxyl groups excluding tert-OH is 1. The quantitative estimate of drug-likeness (QED) is 0.108. The standard InChI is InChI=1S/C32H59N3O4/c1-12-15-16-27(36)26(34-35-33)18-37-31-24(9)29(23(8)28(14-3)38-31)25(10)32(11)17-20(5)22(7)30(39-32)21(6)19(4)13-2/h15-16,19-31,36H,12-14,17-18H2,1-11H3/b16-15+. The van der Waals surface area contributed by atoms with Gasteiger partial charge in [0.2, 0.25) is 0 Å². The second-order valence-corrected chi connectivity index (χ2v) is 13.1. The maximum Gasteiger partial charge on any atom is 0.160 e. The molecule has 7 heteroatoms. The molecule has 0 amide bonds. The van der Waals surface area contributed by atoms with Crippen molar-refractivity contribution in [1.29, 1.82) is 0 Å². The zero-order chi connectivity index (χ0) is 29.5. The van der Waals surface area contributed by atoms with Crippen LogP contribution in [-0.2, 0) is 14.2 Å². The van der Waals surface area contributed by atoms with Gasteiger partial charge in [-0.25, -0.2) is 0 Å². The Kier molecular flexibility index (Phi) is 13.3. The van der Waals surface area contributed by atoms with E-state index >= 15 is 0 Å². The summed E-state index contributed by atoms with van der Waals surface area (Å²) in [5.74, 6) is 3.36. The summed E-state index contributed by atoms with van der Waals surface area (Å²) < 4.78 is 20.0. The lowest BCUT2D eigenvalue weighted by molar-refractivity contribution is -0.277. The Labute approximate surface area is 239 Å². The van der Waals surface area contributed by atoms with Crippen LogP contribution in [0.1, 0.15) is 102 Å². The first kappa shape index (κ1) is 34.1. The lowest BCUT2D eigenvalue weighted by Gasteiger charge is -2.56. The van der Waals surface area contributed by atoms with Crippen molar-refractivity contribution < 1.29 is 19.3 Å². The monoisotopic (exact) mass is 549 g/mol. The molecule has 0 aromatic heterocycles. The molecule has 2 aliphatic rings. The van der Waals surface area contributed by atoms with Crippen molar-refractivity contribution >= 4 is 0 Å². The summed E-state index contributed by atoms with van der Waals surface area (Å²) in [5.41, 5.74) is 8.84. The molecule has 0 aromatic rings. The second-order valence-electron chi connectivity index (χ2n) is 13.1. The van der Waals surface area contributed by atoms with E-state index in [9.17, 15) is 5.11 Å². The molecule has 0 aliphatic carbocycles. The van der Waals surface area contributed by atoms with Crippen molar-refractivity contribution in [2.24, 2.45) is 52.5 Å². The van der Waals surface area contributed by atoms with E-state index in [-0.39, 0.29) is 30.3 Å². The summed E-state index contributed by atoms with van der Waals surface area (Å²) in [5, 5.41) is 14.4. The maximum absolute atomic E-state index is 10.5. The second kappa shape index (κ2) is 15.2. The largest absolute Gasteiger partial charge is 0.389 e. The highest BCUT2D eigenvalue weighted by Gasteiger charge is 2.53. The summed E-state index contributed by atoms with van der Waals surface area (Å²) in [6, 6.07) is -0.701. The number of hydrogen-bond acceptors (Lipinski definition) is 5. The molecule has 14 atom stereocenters. The predicted octanol–water partition coefficient (Wildman–Crippen LogP) is 8.17. The van der Waals surface area contributed by atoms with Gasteiger partial charge in [-0.3, -0.25) is 0 Å². The van der Waals surface area contributed by atoms with Gasteiger partial charge in [0.1, 0.15) is 0 Å². The van der Waals surface area contributed by atoms with Crippen molar-refractivity contribution in [3.8, 4) is 0 Å². The van der Waals surface area contributed by atoms with E-state index in [2.05, 4.69) is 79.3 Å². The highest BCUT2D eigenvalue weighted by molar-refractivity contribution is 5.00. The van der Waals surface area contributed by atoms with Crippen LogP contribution >= 0.6 is 0 Å². The van der Waals surface area contributed by atoms with Gasteiger partial charge in [-0.05, 0) is 73.1 Å². The van der Waals surface area contributed by atoms with Crippen LogP contribution in [0, 0.1) is 47.3 Å². The summed E-state index contributed by atoms with van der Waals surface area (Å²) in [6.45, 7) is 25.3. The number of rotatable bonds is 13. The zero-order valence-electron chi connectivity index (χ0n) is 26.7. The first-order chi connectivity index (χ1) is 18.4. The van der Waals surface area contributed by atoms with Gasteiger partial charge in [0.15, 0.2) is 6.29 Å². The lowest BCUT2D eigenvalue weighted by atomic mass is 9.62. The molecule has 0 aromatic carbocycles. The van der Waals surface area contributed by atoms with E-state index in [1.807, 2.05) is 13.0 Å². The van der Waals surface area contributed by atoms with E-state index < -0.39 is 18.4 Å². The van der Waals surface area contributed by atoms with E-state index in [0.29, 0.717) is 41.4 Å². The molecule has 0 radical (unpaired) electrons. The third-order valence-electron chi connectivity index (χ3n) is 10.7. The van der Waals surface area contributed by atoms with Gasteiger partial charge in [-0.2, -0.15) is 0 Å². The fourth-order valence-electron chi connectivity index (χ4n) is 7.36. The van der Waals surface area contributed by atoms with E-state index in [0.717, 1.165) is 19.3 Å². The van der Waals surface area contributed by atoms with Crippen LogP contribution in [-0.4, -0.2) is 48.0 Å². The molecule has 0 bridgehead atoms. The van der Waals surface area contributed by atoms with Crippen molar-refractivity contribution in [2.75, 3.05) is 6.61 Å². The number of aliphatic hydroxyl groups is 1. The number of azide groups is 1. The number of allylic oxidation sites excluding steroid dienone is 1. The van der Waals surface area contributed by atoms with E-state index in [1.54, 1.807) is 6.08 Å². The molecule has 2 rings (SSSR count). The van der Waals surface area contributed by atoms with Gasteiger partial charge in [-0.1, -0.05) is 92.9 Å². The highest BCUT2D eigenvalue weighted by Crippen LogP contribution is 2.51. The minimum atomic E-state index is -0.891. The van der Waals surface area contributed by atoms with Gasteiger partial charge in [-0.15, -0.1) is 0 Å². The first-order valence-corrected chi connectivity index (χ1v) is 15.7. The summed E-state index contributed by atoms with van der Waals surface area (Å²) in [6.07, 6.45) is 6.46. The Morgan fingerprint density at radius 1 is 1.10 bits per heavy atom. The Hall–Kier alpha value is -1.11. The molecular formula is C32H59N3O4. The minimum absolute atomic E-state index is 0.0693. The molecule has 0 spiro atoms. The molecule has 1 N–H and O–H groups in total. The Morgan fingerprint density at radius 2 is 1.77 bits per heavy atom. The summed E-state index contributed by atoms with van der Waals surface area (Å²) in [4.78, 5) is 2.95. The van der Waals surface area contributed by atoms with Crippen LogP contribution in [0.3, 0.4) is 0 Å². The number of nitrogens with zero attached hydrogens (tertiary/aromatic N) is 3. The minimum Gasteiger partial charge on any atom is -0.389 e.